The maximum absolute atomic E-state index is 14.2. The van der Waals surface area contributed by atoms with Crippen LogP contribution in [-0.4, -0.2) is 34.8 Å². The van der Waals surface area contributed by atoms with Crippen molar-refractivity contribution in [1.82, 2.24) is 0 Å². The molecule has 5 nitrogen and oxygen atoms in total. The van der Waals surface area contributed by atoms with Gasteiger partial charge in [-0.25, -0.2) is 8.78 Å². The van der Waals surface area contributed by atoms with E-state index >= 15 is 0 Å². The first kappa shape index (κ1) is 15.5. The summed E-state index contributed by atoms with van der Waals surface area (Å²) in [6, 6.07) is 2.08. The molecule has 0 saturated carbocycles. The first-order valence-electron chi connectivity index (χ1n) is 6.78. The molecule has 21 heavy (non-hydrogen) atoms. The maximum atomic E-state index is 14.2. The zero-order chi connectivity index (χ0) is 15.6. The lowest BCUT2D eigenvalue weighted by Crippen LogP contribution is -2.29. The summed E-state index contributed by atoms with van der Waals surface area (Å²) >= 11 is 0. The predicted octanol–water partition coefficient (Wildman–Crippen LogP) is 1.80. The van der Waals surface area contributed by atoms with Gasteiger partial charge in [-0.2, -0.15) is 0 Å². The van der Waals surface area contributed by atoms with Gasteiger partial charge in [0, 0.05) is 18.7 Å². The van der Waals surface area contributed by atoms with E-state index in [1.54, 1.807) is 11.8 Å². The number of hydrogen-bond acceptors (Lipinski definition) is 4. The first-order chi connectivity index (χ1) is 9.84. The second-order valence-electron chi connectivity index (χ2n) is 5.61. The van der Waals surface area contributed by atoms with E-state index in [0.717, 1.165) is 12.1 Å². The highest BCUT2D eigenvalue weighted by atomic mass is 19.1. The second kappa shape index (κ2) is 5.85. The number of amidine groups is 1. The Morgan fingerprint density at radius 3 is 2.48 bits per heavy atom. The van der Waals surface area contributed by atoms with E-state index in [1.165, 1.54) is 0 Å². The smallest absolute Gasteiger partial charge is 0.170 e. The van der Waals surface area contributed by atoms with Gasteiger partial charge in [0.05, 0.1) is 5.60 Å². The highest BCUT2D eigenvalue weighted by Gasteiger charge is 2.27. The Labute approximate surface area is 121 Å². The van der Waals surface area contributed by atoms with Crippen LogP contribution in [0.15, 0.2) is 17.3 Å². The normalized spacial score (nSPS) is 24.0. The Kier molecular flexibility index (Phi) is 4.32. The molecule has 1 fully saturated rings. The Hall–Kier alpha value is -1.89. The number of anilines is 1. The topological polar surface area (TPSA) is 82.1 Å². The average molecular weight is 299 g/mol. The van der Waals surface area contributed by atoms with Crippen molar-refractivity contribution < 1.29 is 19.1 Å². The standard InChI is InChI=1S/C14H19F2N3O2/c1-14(20)3-2-5-19(6-4-14)12-10(15)7-9(8-11(12)16)13(17)18-21/h7-8,20-21H,2-6H2,1H3,(H2,17,18). The molecule has 0 radical (unpaired) electrons. The summed E-state index contributed by atoms with van der Waals surface area (Å²) in [6.07, 6.45) is 1.68. The number of oxime groups is 1. The minimum atomic E-state index is -0.810. The molecule has 0 aromatic heterocycles. The molecule has 1 aromatic carbocycles. The molecule has 7 heteroatoms. The lowest BCUT2D eigenvalue weighted by Gasteiger charge is -2.25. The van der Waals surface area contributed by atoms with Crippen molar-refractivity contribution in [3.05, 3.63) is 29.3 Å². The summed E-state index contributed by atoms with van der Waals surface area (Å²) < 4.78 is 28.4. The number of benzene rings is 1. The van der Waals surface area contributed by atoms with Crippen molar-refractivity contribution in [2.45, 2.75) is 31.8 Å². The third-order valence-electron chi connectivity index (χ3n) is 3.80. The van der Waals surface area contributed by atoms with Crippen LogP contribution < -0.4 is 10.6 Å². The van der Waals surface area contributed by atoms with E-state index in [4.69, 9.17) is 10.9 Å². The van der Waals surface area contributed by atoms with E-state index < -0.39 is 17.2 Å². The number of nitrogens with two attached hydrogens (primary N) is 1. The Balaban J connectivity index is 2.32. The molecule has 0 spiro atoms. The molecule has 1 aromatic rings. The van der Waals surface area contributed by atoms with Gasteiger partial charge in [0.25, 0.3) is 0 Å². The first-order valence-corrected chi connectivity index (χ1v) is 6.78. The van der Waals surface area contributed by atoms with Gasteiger partial charge in [-0.15, -0.1) is 0 Å². The van der Waals surface area contributed by atoms with Crippen molar-refractivity contribution in [3.8, 4) is 0 Å². The van der Waals surface area contributed by atoms with Gasteiger partial charge in [-0.1, -0.05) is 5.16 Å². The lowest BCUT2D eigenvalue weighted by atomic mass is 9.98. The van der Waals surface area contributed by atoms with Crippen molar-refractivity contribution in [2.24, 2.45) is 10.9 Å². The Morgan fingerprint density at radius 2 is 1.90 bits per heavy atom. The van der Waals surface area contributed by atoms with E-state index in [2.05, 4.69) is 5.16 Å². The van der Waals surface area contributed by atoms with E-state index in [1.807, 2.05) is 0 Å². The summed E-state index contributed by atoms with van der Waals surface area (Å²) in [7, 11) is 0. The van der Waals surface area contributed by atoms with Crippen LogP contribution in [0.1, 0.15) is 31.7 Å². The molecule has 1 heterocycles. The molecular formula is C14H19F2N3O2. The fourth-order valence-corrected chi connectivity index (χ4v) is 2.56. The summed E-state index contributed by atoms with van der Waals surface area (Å²) in [6.45, 7) is 2.56. The van der Waals surface area contributed by atoms with Gasteiger partial charge in [0.15, 0.2) is 5.84 Å². The number of halogens is 2. The number of aliphatic hydroxyl groups is 1. The van der Waals surface area contributed by atoms with Crippen LogP contribution in [0, 0.1) is 11.6 Å². The monoisotopic (exact) mass is 299 g/mol. The van der Waals surface area contributed by atoms with Crippen LogP contribution in [0.3, 0.4) is 0 Å². The molecule has 0 bridgehead atoms. The molecule has 1 unspecified atom stereocenters. The fraction of sp³-hybridized carbons (Fsp3) is 0.500. The second-order valence-corrected chi connectivity index (χ2v) is 5.61. The van der Waals surface area contributed by atoms with Crippen LogP contribution >= 0.6 is 0 Å². The third-order valence-corrected chi connectivity index (χ3v) is 3.80. The zero-order valence-corrected chi connectivity index (χ0v) is 11.8. The van der Waals surface area contributed by atoms with Gasteiger partial charge < -0.3 is 20.9 Å². The van der Waals surface area contributed by atoms with Gasteiger partial charge in [-0.3, -0.25) is 0 Å². The average Bonchev–Trinajstić information content (AvgIpc) is 2.58. The molecule has 116 valence electrons. The van der Waals surface area contributed by atoms with Gasteiger partial charge >= 0.3 is 0 Å². The summed E-state index contributed by atoms with van der Waals surface area (Å²) in [5, 5.41) is 21.3. The number of rotatable bonds is 2. The fourth-order valence-electron chi connectivity index (χ4n) is 2.56. The molecule has 0 amide bonds. The Bertz CT molecular complexity index is 538. The highest BCUT2D eigenvalue weighted by Crippen LogP contribution is 2.29. The molecule has 1 saturated heterocycles. The summed E-state index contributed by atoms with van der Waals surface area (Å²) in [5.41, 5.74) is 4.38. The van der Waals surface area contributed by atoms with Gasteiger partial charge in [0.1, 0.15) is 17.3 Å². The molecule has 2 rings (SSSR count). The predicted molar refractivity (Wildman–Crippen MR) is 75.6 cm³/mol. The molecular weight excluding hydrogens is 280 g/mol. The molecule has 1 aliphatic heterocycles. The zero-order valence-electron chi connectivity index (χ0n) is 11.8. The number of nitrogens with zero attached hydrogens (tertiary/aromatic N) is 2. The SMILES string of the molecule is CC1(O)CCCN(c2c(F)cc(C(N)=NO)cc2F)CC1. The number of hydrogen-bond donors (Lipinski definition) is 3. The van der Waals surface area contributed by atoms with Gasteiger partial charge in [0.2, 0.25) is 0 Å². The molecule has 1 atom stereocenters. The van der Waals surface area contributed by atoms with Crippen molar-refractivity contribution in [1.29, 1.82) is 0 Å². The van der Waals surface area contributed by atoms with Crippen molar-refractivity contribution in [2.75, 3.05) is 18.0 Å². The largest absolute Gasteiger partial charge is 0.409 e. The van der Waals surface area contributed by atoms with Crippen molar-refractivity contribution >= 4 is 11.5 Å². The minimum absolute atomic E-state index is 0.0157. The third kappa shape index (κ3) is 3.41. The maximum Gasteiger partial charge on any atom is 0.170 e. The van der Waals surface area contributed by atoms with Crippen LogP contribution in [0.2, 0.25) is 0 Å². The van der Waals surface area contributed by atoms with Crippen LogP contribution in [-0.2, 0) is 0 Å². The van der Waals surface area contributed by atoms with Crippen molar-refractivity contribution in [3.63, 3.8) is 0 Å². The minimum Gasteiger partial charge on any atom is -0.409 e. The molecule has 0 aliphatic carbocycles. The summed E-state index contributed by atoms with van der Waals surface area (Å²) in [5.74, 6) is -1.88. The summed E-state index contributed by atoms with van der Waals surface area (Å²) in [4.78, 5) is 1.59. The van der Waals surface area contributed by atoms with Crippen LogP contribution in [0.4, 0.5) is 14.5 Å². The van der Waals surface area contributed by atoms with E-state index in [-0.39, 0.29) is 17.1 Å². The molecule has 1 aliphatic rings. The van der Waals surface area contributed by atoms with Crippen LogP contribution in [0.5, 0.6) is 0 Å². The van der Waals surface area contributed by atoms with Crippen LogP contribution in [0.25, 0.3) is 0 Å². The highest BCUT2D eigenvalue weighted by molar-refractivity contribution is 5.97. The van der Waals surface area contributed by atoms with E-state index in [9.17, 15) is 13.9 Å². The molecule has 4 N–H and O–H groups in total. The van der Waals surface area contributed by atoms with E-state index in [0.29, 0.717) is 32.4 Å². The van der Waals surface area contributed by atoms with Gasteiger partial charge in [-0.05, 0) is 38.3 Å². The Morgan fingerprint density at radius 1 is 1.29 bits per heavy atom. The lowest BCUT2D eigenvalue weighted by molar-refractivity contribution is 0.0481. The quantitative estimate of drug-likeness (QED) is 0.336.